The van der Waals surface area contributed by atoms with Gasteiger partial charge in [0, 0.05) is 12.4 Å². The predicted octanol–water partition coefficient (Wildman–Crippen LogP) is 2.96. The number of rotatable bonds is 7. The fourth-order valence-corrected chi connectivity index (χ4v) is 2.12. The van der Waals surface area contributed by atoms with Gasteiger partial charge < -0.3 is 5.11 Å². The van der Waals surface area contributed by atoms with E-state index in [0.717, 1.165) is 19.3 Å². The summed E-state index contributed by atoms with van der Waals surface area (Å²) in [6.45, 7) is 0. The normalized spacial score (nSPS) is 17.3. The van der Waals surface area contributed by atoms with Crippen molar-refractivity contribution in [2.45, 2.75) is 51.0 Å². The Kier molecular flexibility index (Phi) is 4.34. The maximum atomic E-state index is 9.70. The highest BCUT2D eigenvalue weighted by Gasteiger charge is 2.28. The van der Waals surface area contributed by atoms with Crippen LogP contribution in [0.15, 0.2) is 24.5 Å². The van der Waals surface area contributed by atoms with E-state index in [1.54, 1.807) is 0 Å². The standard InChI is InChI=1S/C14H21NO/c16-14(13-8-9-13)7-3-1-2-5-12-6-4-10-15-11-12/h4,6,10-11,13-14,16H,1-3,5,7-9H2. The van der Waals surface area contributed by atoms with Crippen molar-refractivity contribution < 1.29 is 5.11 Å². The second-order valence-electron chi connectivity index (χ2n) is 4.87. The van der Waals surface area contributed by atoms with Crippen molar-refractivity contribution in [2.24, 2.45) is 5.92 Å². The molecule has 2 rings (SSSR count). The fourth-order valence-electron chi connectivity index (χ4n) is 2.12. The lowest BCUT2D eigenvalue weighted by Crippen LogP contribution is -2.08. The molecule has 16 heavy (non-hydrogen) atoms. The van der Waals surface area contributed by atoms with Crippen LogP contribution in [0.4, 0.5) is 0 Å². The smallest absolute Gasteiger partial charge is 0.0568 e. The van der Waals surface area contributed by atoms with Gasteiger partial charge in [-0.3, -0.25) is 4.98 Å². The molecule has 1 unspecified atom stereocenters. The van der Waals surface area contributed by atoms with E-state index in [1.165, 1.54) is 31.2 Å². The molecule has 0 radical (unpaired) electrons. The van der Waals surface area contributed by atoms with Gasteiger partial charge >= 0.3 is 0 Å². The number of nitrogens with zero attached hydrogens (tertiary/aromatic N) is 1. The minimum atomic E-state index is -0.0154. The number of aliphatic hydroxyl groups excluding tert-OH is 1. The molecule has 1 fully saturated rings. The average Bonchev–Trinajstić information content (AvgIpc) is 3.13. The molecule has 0 bridgehead atoms. The van der Waals surface area contributed by atoms with Gasteiger partial charge in [-0.15, -0.1) is 0 Å². The highest BCUT2D eigenvalue weighted by atomic mass is 16.3. The zero-order valence-electron chi connectivity index (χ0n) is 9.81. The molecule has 1 aliphatic rings. The van der Waals surface area contributed by atoms with E-state index in [9.17, 15) is 5.11 Å². The summed E-state index contributed by atoms with van der Waals surface area (Å²) in [4.78, 5) is 4.10. The van der Waals surface area contributed by atoms with Crippen LogP contribution in [0.1, 0.15) is 44.1 Å². The summed E-state index contributed by atoms with van der Waals surface area (Å²) >= 11 is 0. The highest BCUT2D eigenvalue weighted by Crippen LogP contribution is 2.34. The van der Waals surface area contributed by atoms with Gasteiger partial charge in [-0.2, -0.15) is 0 Å². The Hall–Kier alpha value is -0.890. The summed E-state index contributed by atoms with van der Waals surface area (Å²) in [6.07, 6.45) is 11.9. The van der Waals surface area contributed by atoms with Crippen molar-refractivity contribution in [3.8, 4) is 0 Å². The highest BCUT2D eigenvalue weighted by molar-refractivity contribution is 5.08. The van der Waals surface area contributed by atoms with E-state index >= 15 is 0 Å². The number of hydrogen-bond acceptors (Lipinski definition) is 2. The van der Waals surface area contributed by atoms with E-state index in [2.05, 4.69) is 11.1 Å². The quantitative estimate of drug-likeness (QED) is 0.715. The van der Waals surface area contributed by atoms with Crippen molar-refractivity contribution in [1.82, 2.24) is 4.98 Å². The van der Waals surface area contributed by atoms with Crippen molar-refractivity contribution >= 4 is 0 Å². The van der Waals surface area contributed by atoms with Crippen molar-refractivity contribution in [1.29, 1.82) is 0 Å². The summed E-state index contributed by atoms with van der Waals surface area (Å²) in [5.74, 6) is 0.637. The molecule has 2 heteroatoms. The summed E-state index contributed by atoms with van der Waals surface area (Å²) in [5.41, 5.74) is 1.32. The van der Waals surface area contributed by atoms with Crippen molar-refractivity contribution in [3.63, 3.8) is 0 Å². The number of hydrogen-bond donors (Lipinski definition) is 1. The van der Waals surface area contributed by atoms with Gasteiger partial charge in [0.15, 0.2) is 0 Å². The number of unbranched alkanes of at least 4 members (excludes halogenated alkanes) is 2. The Labute approximate surface area is 97.7 Å². The molecular formula is C14H21NO. The molecule has 1 aliphatic carbocycles. The topological polar surface area (TPSA) is 33.1 Å². The van der Waals surface area contributed by atoms with E-state index in [0.29, 0.717) is 5.92 Å². The third-order valence-electron chi connectivity index (χ3n) is 3.35. The van der Waals surface area contributed by atoms with Crippen LogP contribution >= 0.6 is 0 Å². The van der Waals surface area contributed by atoms with E-state index in [1.807, 2.05) is 18.5 Å². The molecule has 1 atom stereocenters. The molecule has 88 valence electrons. The first-order valence-electron chi connectivity index (χ1n) is 6.43. The molecule has 0 spiro atoms. The molecule has 1 aromatic rings. The molecule has 0 aromatic carbocycles. The second-order valence-corrected chi connectivity index (χ2v) is 4.87. The van der Waals surface area contributed by atoms with Crippen LogP contribution < -0.4 is 0 Å². The number of aromatic nitrogens is 1. The average molecular weight is 219 g/mol. The molecule has 0 saturated heterocycles. The molecular weight excluding hydrogens is 198 g/mol. The molecule has 0 amide bonds. The van der Waals surface area contributed by atoms with Gasteiger partial charge in [-0.1, -0.05) is 18.9 Å². The van der Waals surface area contributed by atoms with Gasteiger partial charge in [0.1, 0.15) is 0 Å². The Morgan fingerprint density at radius 3 is 2.88 bits per heavy atom. The first kappa shape index (κ1) is 11.6. The van der Waals surface area contributed by atoms with E-state index in [4.69, 9.17) is 0 Å². The number of pyridine rings is 1. The summed E-state index contributed by atoms with van der Waals surface area (Å²) in [6, 6.07) is 4.12. The molecule has 1 heterocycles. The Morgan fingerprint density at radius 2 is 2.19 bits per heavy atom. The Morgan fingerprint density at radius 1 is 1.31 bits per heavy atom. The van der Waals surface area contributed by atoms with Gasteiger partial charge in [-0.05, 0) is 49.7 Å². The summed E-state index contributed by atoms with van der Waals surface area (Å²) < 4.78 is 0. The van der Waals surface area contributed by atoms with E-state index in [-0.39, 0.29) is 6.10 Å². The lowest BCUT2D eigenvalue weighted by molar-refractivity contribution is 0.138. The maximum Gasteiger partial charge on any atom is 0.0568 e. The maximum absolute atomic E-state index is 9.70. The Bertz CT molecular complexity index is 295. The zero-order chi connectivity index (χ0) is 11.2. The SMILES string of the molecule is OC(CCCCCc1cccnc1)C1CC1. The van der Waals surface area contributed by atoms with E-state index < -0.39 is 0 Å². The first-order chi connectivity index (χ1) is 7.86. The monoisotopic (exact) mass is 219 g/mol. The molecule has 1 saturated carbocycles. The van der Waals surface area contributed by atoms with Gasteiger partial charge in [0.05, 0.1) is 6.10 Å². The fraction of sp³-hybridized carbons (Fsp3) is 0.643. The van der Waals surface area contributed by atoms with Crippen molar-refractivity contribution in [2.75, 3.05) is 0 Å². The molecule has 0 aliphatic heterocycles. The third kappa shape index (κ3) is 3.93. The minimum Gasteiger partial charge on any atom is -0.393 e. The molecule has 1 aromatic heterocycles. The summed E-state index contributed by atoms with van der Waals surface area (Å²) in [7, 11) is 0. The van der Waals surface area contributed by atoms with Crippen LogP contribution in [0.5, 0.6) is 0 Å². The number of aliphatic hydroxyl groups is 1. The van der Waals surface area contributed by atoms with Crippen molar-refractivity contribution in [3.05, 3.63) is 30.1 Å². The zero-order valence-corrected chi connectivity index (χ0v) is 9.81. The van der Waals surface area contributed by atoms with Crippen LogP contribution in [-0.4, -0.2) is 16.2 Å². The largest absolute Gasteiger partial charge is 0.393 e. The minimum absolute atomic E-state index is 0.0154. The predicted molar refractivity (Wildman–Crippen MR) is 65.1 cm³/mol. The van der Waals surface area contributed by atoms with Crippen LogP contribution in [0.25, 0.3) is 0 Å². The van der Waals surface area contributed by atoms with Gasteiger partial charge in [0.2, 0.25) is 0 Å². The van der Waals surface area contributed by atoms with Crippen LogP contribution in [0.3, 0.4) is 0 Å². The first-order valence-corrected chi connectivity index (χ1v) is 6.43. The second kappa shape index (κ2) is 6.00. The number of aryl methyl sites for hydroxylation is 1. The molecule has 1 N–H and O–H groups in total. The Balaban J connectivity index is 1.52. The lowest BCUT2D eigenvalue weighted by Gasteiger charge is -2.08. The van der Waals surface area contributed by atoms with Gasteiger partial charge in [0.25, 0.3) is 0 Å². The lowest BCUT2D eigenvalue weighted by atomic mass is 10.0. The van der Waals surface area contributed by atoms with Gasteiger partial charge in [-0.25, -0.2) is 0 Å². The van der Waals surface area contributed by atoms with Crippen LogP contribution in [-0.2, 0) is 6.42 Å². The van der Waals surface area contributed by atoms with Crippen LogP contribution in [0.2, 0.25) is 0 Å². The van der Waals surface area contributed by atoms with Crippen LogP contribution in [0, 0.1) is 5.92 Å². The summed E-state index contributed by atoms with van der Waals surface area (Å²) in [5, 5.41) is 9.70. The third-order valence-corrected chi connectivity index (χ3v) is 3.35. The molecule has 2 nitrogen and oxygen atoms in total.